The van der Waals surface area contributed by atoms with Gasteiger partial charge in [0.05, 0.1) is 12.1 Å². The highest BCUT2D eigenvalue weighted by molar-refractivity contribution is 6.30. The van der Waals surface area contributed by atoms with Crippen LogP contribution in [0.4, 0.5) is 5.69 Å². The Bertz CT molecular complexity index is 497. The monoisotopic (exact) mass is 277 g/mol. The second kappa shape index (κ2) is 4.71. The third-order valence-corrected chi connectivity index (χ3v) is 4.84. The van der Waals surface area contributed by atoms with Crippen molar-refractivity contribution in [2.75, 3.05) is 11.4 Å². The van der Waals surface area contributed by atoms with E-state index in [4.69, 9.17) is 17.3 Å². The summed E-state index contributed by atoms with van der Waals surface area (Å²) >= 11 is 5.97. The molecular formula is C15H20ClN3. The third-order valence-electron chi connectivity index (χ3n) is 4.59. The number of benzene rings is 1. The van der Waals surface area contributed by atoms with Gasteiger partial charge in [-0.05, 0) is 49.4 Å². The molecule has 1 fully saturated rings. The molecule has 1 heterocycles. The first-order valence-corrected chi connectivity index (χ1v) is 7.38. The van der Waals surface area contributed by atoms with Crippen LogP contribution in [0, 0.1) is 5.92 Å². The molecule has 1 aromatic carbocycles. The Balaban J connectivity index is 1.93. The van der Waals surface area contributed by atoms with Crippen molar-refractivity contribution in [2.24, 2.45) is 16.6 Å². The van der Waals surface area contributed by atoms with Crippen molar-refractivity contribution >= 4 is 23.2 Å². The van der Waals surface area contributed by atoms with Crippen LogP contribution in [-0.2, 0) is 0 Å². The molecule has 4 heteroatoms. The van der Waals surface area contributed by atoms with Crippen LogP contribution in [0.1, 0.15) is 32.6 Å². The predicted octanol–water partition coefficient (Wildman–Crippen LogP) is 3.42. The maximum absolute atomic E-state index is 6.13. The molecule has 2 aliphatic rings. The summed E-state index contributed by atoms with van der Waals surface area (Å²) in [6, 6.07) is 7.92. The molecule has 0 radical (unpaired) electrons. The number of halogens is 1. The first-order valence-electron chi connectivity index (χ1n) is 7.00. The van der Waals surface area contributed by atoms with Gasteiger partial charge in [-0.15, -0.1) is 0 Å². The molecule has 1 aliphatic heterocycles. The number of hydrogen-bond acceptors (Lipinski definition) is 3. The lowest BCUT2D eigenvalue weighted by Crippen LogP contribution is -2.50. The van der Waals surface area contributed by atoms with E-state index in [0.29, 0.717) is 5.96 Å². The molecule has 0 aromatic heterocycles. The molecule has 3 nitrogen and oxygen atoms in total. The fourth-order valence-corrected chi connectivity index (χ4v) is 3.64. The van der Waals surface area contributed by atoms with Crippen molar-refractivity contribution in [1.82, 2.24) is 0 Å². The van der Waals surface area contributed by atoms with E-state index in [1.807, 2.05) is 24.3 Å². The quantitative estimate of drug-likeness (QED) is 0.900. The van der Waals surface area contributed by atoms with Crippen LogP contribution in [0.15, 0.2) is 29.3 Å². The summed E-state index contributed by atoms with van der Waals surface area (Å²) in [6.07, 6.45) is 4.90. The van der Waals surface area contributed by atoms with Gasteiger partial charge in [0.25, 0.3) is 0 Å². The van der Waals surface area contributed by atoms with Crippen LogP contribution in [-0.4, -0.2) is 18.0 Å². The largest absolute Gasteiger partial charge is 0.369 e. The zero-order chi connectivity index (χ0) is 13.5. The molecule has 2 unspecified atom stereocenters. The Morgan fingerprint density at radius 1 is 1.42 bits per heavy atom. The molecule has 0 saturated heterocycles. The van der Waals surface area contributed by atoms with Gasteiger partial charge in [-0.1, -0.05) is 24.9 Å². The van der Waals surface area contributed by atoms with Gasteiger partial charge in [-0.25, -0.2) is 0 Å². The molecule has 1 spiro atoms. The number of nitrogens with two attached hydrogens (primary N) is 1. The van der Waals surface area contributed by atoms with E-state index in [9.17, 15) is 0 Å². The number of rotatable bonds is 2. The van der Waals surface area contributed by atoms with Crippen LogP contribution in [0.3, 0.4) is 0 Å². The number of aliphatic imine (C=N–C) groups is 1. The summed E-state index contributed by atoms with van der Waals surface area (Å²) in [5.41, 5.74) is 7.35. The molecule has 0 bridgehead atoms. The summed E-state index contributed by atoms with van der Waals surface area (Å²) in [7, 11) is 0. The van der Waals surface area contributed by atoms with E-state index < -0.39 is 0 Å². The molecule has 1 aliphatic carbocycles. The van der Waals surface area contributed by atoms with Crippen molar-refractivity contribution in [1.29, 1.82) is 0 Å². The van der Waals surface area contributed by atoms with Gasteiger partial charge in [0.15, 0.2) is 5.96 Å². The second-order valence-electron chi connectivity index (χ2n) is 5.73. The highest BCUT2D eigenvalue weighted by Gasteiger charge is 2.47. The maximum atomic E-state index is 6.13. The first kappa shape index (κ1) is 12.8. The van der Waals surface area contributed by atoms with Gasteiger partial charge in [-0.3, -0.25) is 4.99 Å². The Kier molecular flexibility index (Phi) is 3.17. The molecule has 3 rings (SSSR count). The average Bonchev–Trinajstić information content (AvgIpc) is 2.97. The lowest BCUT2D eigenvalue weighted by Gasteiger charge is -2.36. The molecular weight excluding hydrogens is 258 g/mol. The van der Waals surface area contributed by atoms with E-state index in [2.05, 4.69) is 16.8 Å². The van der Waals surface area contributed by atoms with Crippen molar-refractivity contribution in [3.63, 3.8) is 0 Å². The zero-order valence-electron chi connectivity index (χ0n) is 11.3. The minimum atomic E-state index is 0.110. The van der Waals surface area contributed by atoms with Crippen molar-refractivity contribution in [2.45, 2.75) is 38.1 Å². The number of anilines is 1. The molecule has 2 atom stereocenters. The smallest absolute Gasteiger partial charge is 0.196 e. The minimum absolute atomic E-state index is 0.110. The molecule has 1 saturated carbocycles. The van der Waals surface area contributed by atoms with E-state index >= 15 is 0 Å². The van der Waals surface area contributed by atoms with E-state index in [0.717, 1.165) is 23.2 Å². The number of hydrogen-bond donors (Lipinski definition) is 1. The van der Waals surface area contributed by atoms with Crippen molar-refractivity contribution in [3.8, 4) is 0 Å². The van der Waals surface area contributed by atoms with Crippen molar-refractivity contribution in [3.05, 3.63) is 29.3 Å². The molecule has 0 amide bonds. The van der Waals surface area contributed by atoms with Crippen LogP contribution in [0.2, 0.25) is 5.02 Å². The highest BCUT2D eigenvalue weighted by atomic mass is 35.5. The Hall–Kier alpha value is -1.22. The van der Waals surface area contributed by atoms with Gasteiger partial charge >= 0.3 is 0 Å². The molecule has 1 aromatic rings. The van der Waals surface area contributed by atoms with Crippen LogP contribution in [0.25, 0.3) is 0 Å². The van der Waals surface area contributed by atoms with Gasteiger partial charge in [-0.2, -0.15) is 0 Å². The fourth-order valence-electron chi connectivity index (χ4n) is 3.52. The standard InChI is InChI=1S/C15H20ClN3/c1-2-11-7-8-15(9-11)10-18-14(17)19(15)13-5-3-12(16)4-6-13/h3-6,11H,2,7-10H2,1H3,(H2,17,18). The summed E-state index contributed by atoms with van der Waals surface area (Å²) in [5.74, 6) is 1.45. The normalized spacial score (nSPS) is 30.1. The third kappa shape index (κ3) is 2.10. The second-order valence-corrected chi connectivity index (χ2v) is 6.16. The van der Waals surface area contributed by atoms with E-state index in [1.165, 1.54) is 25.7 Å². The Morgan fingerprint density at radius 3 is 2.79 bits per heavy atom. The van der Waals surface area contributed by atoms with E-state index in [1.54, 1.807) is 0 Å². The molecule has 102 valence electrons. The Morgan fingerprint density at radius 2 is 2.16 bits per heavy atom. The highest BCUT2D eigenvalue weighted by Crippen LogP contribution is 2.44. The van der Waals surface area contributed by atoms with Gasteiger partial charge in [0, 0.05) is 10.7 Å². The lowest BCUT2D eigenvalue weighted by atomic mass is 9.93. The van der Waals surface area contributed by atoms with E-state index in [-0.39, 0.29) is 5.54 Å². The molecule has 19 heavy (non-hydrogen) atoms. The predicted molar refractivity (Wildman–Crippen MR) is 80.8 cm³/mol. The van der Waals surface area contributed by atoms with Crippen molar-refractivity contribution < 1.29 is 0 Å². The first-order chi connectivity index (χ1) is 9.14. The summed E-state index contributed by atoms with van der Waals surface area (Å²) in [5, 5.41) is 0.755. The van der Waals surface area contributed by atoms with Gasteiger partial charge in [0.2, 0.25) is 0 Å². The lowest BCUT2D eigenvalue weighted by molar-refractivity contribution is 0.435. The summed E-state index contributed by atoms with van der Waals surface area (Å²) in [4.78, 5) is 6.74. The summed E-state index contributed by atoms with van der Waals surface area (Å²) < 4.78 is 0. The molecule has 2 N–H and O–H groups in total. The average molecular weight is 278 g/mol. The topological polar surface area (TPSA) is 41.6 Å². The maximum Gasteiger partial charge on any atom is 0.196 e. The van der Waals surface area contributed by atoms with Crippen LogP contribution >= 0.6 is 11.6 Å². The van der Waals surface area contributed by atoms with Crippen LogP contribution < -0.4 is 10.6 Å². The van der Waals surface area contributed by atoms with Crippen LogP contribution in [0.5, 0.6) is 0 Å². The number of nitrogens with zero attached hydrogens (tertiary/aromatic N) is 2. The fraction of sp³-hybridized carbons (Fsp3) is 0.533. The number of guanidine groups is 1. The summed E-state index contributed by atoms with van der Waals surface area (Å²) in [6.45, 7) is 3.10. The SMILES string of the molecule is CCC1CCC2(CN=C(N)N2c2ccc(Cl)cc2)C1. The minimum Gasteiger partial charge on any atom is -0.369 e. The zero-order valence-corrected chi connectivity index (χ0v) is 12.0. The van der Waals surface area contributed by atoms with Gasteiger partial charge in [0.1, 0.15) is 0 Å². The van der Waals surface area contributed by atoms with Gasteiger partial charge < -0.3 is 10.6 Å². The Labute approximate surface area is 119 Å².